The summed E-state index contributed by atoms with van der Waals surface area (Å²) in [5.41, 5.74) is 6.04. The monoisotopic (exact) mass is 184 g/mol. The van der Waals surface area contributed by atoms with Gasteiger partial charge in [-0.1, -0.05) is 6.42 Å². The lowest BCUT2D eigenvalue weighted by Gasteiger charge is -2.27. The van der Waals surface area contributed by atoms with Crippen LogP contribution in [-0.2, 0) is 0 Å². The lowest BCUT2D eigenvalue weighted by Crippen LogP contribution is -2.43. The molecule has 3 atom stereocenters. The summed E-state index contributed by atoms with van der Waals surface area (Å²) in [5.74, 6) is 0.507. The number of aliphatic hydroxyl groups excluding tert-OH is 1. The first-order valence-electron chi connectivity index (χ1n) is 5.41. The fourth-order valence-corrected chi connectivity index (χ4v) is 2.74. The maximum absolute atomic E-state index is 9.03. The quantitative estimate of drug-likeness (QED) is 0.643. The highest BCUT2D eigenvalue weighted by Crippen LogP contribution is 2.27. The smallest absolute Gasteiger partial charge is 0.0471 e. The number of hydrogen-bond donors (Lipinski definition) is 2. The highest BCUT2D eigenvalue weighted by Gasteiger charge is 2.33. The Morgan fingerprint density at radius 1 is 1.31 bits per heavy atom. The van der Waals surface area contributed by atoms with Crippen LogP contribution in [0, 0.1) is 5.92 Å². The van der Waals surface area contributed by atoms with Gasteiger partial charge < -0.3 is 10.8 Å². The van der Waals surface area contributed by atoms with Crippen LogP contribution in [0.1, 0.15) is 25.7 Å². The fraction of sp³-hybridized carbons (Fsp3) is 1.00. The zero-order valence-electron chi connectivity index (χ0n) is 8.15. The minimum Gasteiger partial charge on any atom is -0.396 e. The van der Waals surface area contributed by atoms with Gasteiger partial charge in [0.25, 0.3) is 0 Å². The van der Waals surface area contributed by atoms with Crippen LogP contribution in [-0.4, -0.2) is 41.8 Å². The third kappa shape index (κ3) is 1.87. The van der Waals surface area contributed by atoms with E-state index in [0.717, 1.165) is 19.5 Å². The summed E-state index contributed by atoms with van der Waals surface area (Å²) >= 11 is 0. The molecular weight excluding hydrogens is 164 g/mol. The van der Waals surface area contributed by atoms with Crippen molar-refractivity contribution in [2.45, 2.75) is 37.8 Å². The Morgan fingerprint density at radius 3 is 2.69 bits per heavy atom. The molecular formula is C10H20N2O. The van der Waals surface area contributed by atoms with Gasteiger partial charge in [-0.3, -0.25) is 4.90 Å². The van der Waals surface area contributed by atoms with E-state index in [1.54, 1.807) is 0 Å². The Balaban J connectivity index is 1.88. The second-order valence-electron chi connectivity index (χ2n) is 4.49. The molecule has 0 radical (unpaired) electrons. The van der Waals surface area contributed by atoms with Crippen LogP contribution in [0.15, 0.2) is 0 Å². The second kappa shape index (κ2) is 3.95. The van der Waals surface area contributed by atoms with E-state index in [0.29, 0.717) is 24.6 Å². The Morgan fingerprint density at radius 2 is 2.15 bits per heavy atom. The summed E-state index contributed by atoms with van der Waals surface area (Å²) in [6.45, 7) is 2.55. The molecule has 3 heteroatoms. The fourth-order valence-electron chi connectivity index (χ4n) is 2.74. The molecule has 2 aliphatic rings. The van der Waals surface area contributed by atoms with E-state index in [1.165, 1.54) is 19.3 Å². The topological polar surface area (TPSA) is 49.5 Å². The summed E-state index contributed by atoms with van der Waals surface area (Å²) < 4.78 is 0. The number of likely N-dealkylation sites (tertiary alicyclic amines) is 1. The Bertz CT molecular complexity index is 174. The Labute approximate surface area is 79.9 Å². The maximum Gasteiger partial charge on any atom is 0.0471 e. The van der Waals surface area contributed by atoms with Crippen molar-refractivity contribution < 1.29 is 5.11 Å². The molecule has 1 saturated heterocycles. The molecule has 1 aliphatic carbocycles. The van der Waals surface area contributed by atoms with Crippen molar-refractivity contribution in [1.82, 2.24) is 4.90 Å². The molecule has 0 aromatic heterocycles. The molecule has 1 saturated carbocycles. The molecule has 0 spiro atoms. The molecule has 1 heterocycles. The van der Waals surface area contributed by atoms with E-state index in [2.05, 4.69) is 4.90 Å². The standard InChI is InChI=1S/C10H20N2O/c11-9-2-1-3-10(9)12-5-4-8(6-12)7-13/h8-10,13H,1-7,11H2. The summed E-state index contributed by atoms with van der Waals surface area (Å²) in [5, 5.41) is 9.03. The normalized spacial score (nSPS) is 41.5. The molecule has 76 valence electrons. The summed E-state index contributed by atoms with van der Waals surface area (Å²) in [6, 6.07) is 0.994. The van der Waals surface area contributed by atoms with E-state index < -0.39 is 0 Å². The largest absolute Gasteiger partial charge is 0.396 e. The van der Waals surface area contributed by atoms with Crippen LogP contribution in [0.5, 0.6) is 0 Å². The van der Waals surface area contributed by atoms with Gasteiger partial charge >= 0.3 is 0 Å². The predicted octanol–water partition coefficient (Wildman–Crippen LogP) is 0.180. The van der Waals surface area contributed by atoms with Gasteiger partial charge in [0.1, 0.15) is 0 Å². The van der Waals surface area contributed by atoms with Crippen molar-refractivity contribution in [2.75, 3.05) is 19.7 Å². The van der Waals surface area contributed by atoms with Crippen LogP contribution in [0.25, 0.3) is 0 Å². The number of rotatable bonds is 2. The number of nitrogens with two attached hydrogens (primary N) is 1. The molecule has 2 fully saturated rings. The second-order valence-corrected chi connectivity index (χ2v) is 4.49. The predicted molar refractivity (Wildman–Crippen MR) is 52.4 cm³/mol. The average molecular weight is 184 g/mol. The maximum atomic E-state index is 9.03. The van der Waals surface area contributed by atoms with Crippen LogP contribution in [0.3, 0.4) is 0 Å². The lowest BCUT2D eigenvalue weighted by atomic mass is 10.1. The molecule has 3 N–H and O–H groups in total. The molecule has 1 aliphatic heterocycles. The first kappa shape index (κ1) is 9.44. The third-order valence-electron chi connectivity index (χ3n) is 3.58. The average Bonchev–Trinajstić information content (AvgIpc) is 2.71. The van der Waals surface area contributed by atoms with Crippen LogP contribution < -0.4 is 5.73 Å². The first-order valence-corrected chi connectivity index (χ1v) is 5.41. The van der Waals surface area contributed by atoms with Gasteiger partial charge in [0, 0.05) is 25.2 Å². The summed E-state index contributed by atoms with van der Waals surface area (Å²) in [6.07, 6.45) is 4.89. The molecule has 3 unspecified atom stereocenters. The molecule has 0 aromatic rings. The van der Waals surface area contributed by atoms with Gasteiger partial charge in [-0.25, -0.2) is 0 Å². The van der Waals surface area contributed by atoms with Gasteiger partial charge in [0.15, 0.2) is 0 Å². The number of nitrogens with zero attached hydrogens (tertiary/aromatic N) is 1. The van der Waals surface area contributed by atoms with Crippen LogP contribution in [0.4, 0.5) is 0 Å². The highest BCUT2D eigenvalue weighted by molar-refractivity contribution is 4.91. The molecule has 13 heavy (non-hydrogen) atoms. The van der Waals surface area contributed by atoms with Crippen molar-refractivity contribution >= 4 is 0 Å². The number of hydrogen-bond acceptors (Lipinski definition) is 3. The highest BCUT2D eigenvalue weighted by atomic mass is 16.3. The molecule has 0 amide bonds. The van der Waals surface area contributed by atoms with Crippen LogP contribution >= 0.6 is 0 Å². The van der Waals surface area contributed by atoms with Gasteiger partial charge in [0.2, 0.25) is 0 Å². The molecule has 3 nitrogen and oxygen atoms in total. The van der Waals surface area contributed by atoms with E-state index in [9.17, 15) is 0 Å². The van der Waals surface area contributed by atoms with Crippen molar-refractivity contribution in [3.63, 3.8) is 0 Å². The van der Waals surface area contributed by atoms with Gasteiger partial charge in [-0.05, 0) is 31.7 Å². The zero-order valence-corrected chi connectivity index (χ0v) is 8.15. The molecule has 0 aromatic carbocycles. The van der Waals surface area contributed by atoms with Crippen molar-refractivity contribution in [1.29, 1.82) is 0 Å². The SMILES string of the molecule is NC1CCCC1N1CCC(CO)C1. The molecule has 2 rings (SSSR count). The summed E-state index contributed by atoms with van der Waals surface area (Å²) in [4.78, 5) is 2.48. The number of aliphatic hydroxyl groups is 1. The lowest BCUT2D eigenvalue weighted by molar-refractivity contribution is 0.191. The van der Waals surface area contributed by atoms with Crippen molar-refractivity contribution in [3.05, 3.63) is 0 Å². The van der Waals surface area contributed by atoms with Crippen LogP contribution in [0.2, 0.25) is 0 Å². The van der Waals surface area contributed by atoms with Crippen molar-refractivity contribution in [3.8, 4) is 0 Å². The van der Waals surface area contributed by atoms with Gasteiger partial charge in [-0.2, -0.15) is 0 Å². The Hall–Kier alpha value is -0.120. The van der Waals surface area contributed by atoms with Crippen molar-refractivity contribution in [2.24, 2.45) is 11.7 Å². The van der Waals surface area contributed by atoms with Gasteiger partial charge in [0.05, 0.1) is 0 Å². The zero-order chi connectivity index (χ0) is 9.26. The molecule has 0 bridgehead atoms. The van der Waals surface area contributed by atoms with Gasteiger partial charge in [-0.15, -0.1) is 0 Å². The third-order valence-corrected chi connectivity index (χ3v) is 3.58. The Kier molecular flexibility index (Phi) is 2.86. The van der Waals surface area contributed by atoms with E-state index in [4.69, 9.17) is 10.8 Å². The minimum atomic E-state index is 0.346. The van der Waals surface area contributed by atoms with E-state index in [-0.39, 0.29) is 0 Å². The first-order chi connectivity index (χ1) is 6.31. The van der Waals surface area contributed by atoms with E-state index >= 15 is 0 Å². The summed E-state index contributed by atoms with van der Waals surface area (Å²) in [7, 11) is 0. The van der Waals surface area contributed by atoms with E-state index in [1.807, 2.05) is 0 Å². The minimum absolute atomic E-state index is 0.346.